The second-order valence-corrected chi connectivity index (χ2v) is 7.07. The number of hydrogen-bond donors (Lipinski definition) is 1. The molecule has 0 bridgehead atoms. The molecule has 5 rings (SSSR count). The zero-order valence-corrected chi connectivity index (χ0v) is 17.8. The number of ether oxygens (including phenoxy) is 2. The Morgan fingerprint density at radius 3 is 2.68 bits per heavy atom. The van der Waals surface area contributed by atoms with Crippen LogP contribution in [0, 0.1) is 0 Å². The monoisotopic (exact) mass is 455 g/mol. The Morgan fingerprint density at radius 2 is 1.91 bits per heavy atom. The third-order valence-corrected chi connectivity index (χ3v) is 4.89. The summed E-state index contributed by atoms with van der Waals surface area (Å²) in [5.74, 6) is 1.22. The maximum absolute atomic E-state index is 12.7. The number of fused-ring (bicyclic) bond motifs is 1. The Bertz CT molecular complexity index is 1530. The molecule has 0 saturated heterocycles. The number of para-hydroxylation sites is 1. The van der Waals surface area contributed by atoms with E-state index in [9.17, 15) is 9.59 Å². The lowest BCUT2D eigenvalue weighted by Crippen LogP contribution is -2.20. The van der Waals surface area contributed by atoms with Gasteiger partial charge < -0.3 is 19.2 Å². The summed E-state index contributed by atoms with van der Waals surface area (Å²) >= 11 is 0. The van der Waals surface area contributed by atoms with E-state index in [4.69, 9.17) is 13.9 Å². The van der Waals surface area contributed by atoms with Crippen molar-refractivity contribution in [3.8, 4) is 23.2 Å². The predicted molar refractivity (Wildman–Crippen MR) is 123 cm³/mol. The van der Waals surface area contributed by atoms with E-state index < -0.39 is 11.5 Å². The molecule has 2 aromatic carbocycles. The fourth-order valence-corrected chi connectivity index (χ4v) is 3.28. The number of rotatable bonds is 6. The minimum Gasteiger partial charge on any atom is -0.493 e. The van der Waals surface area contributed by atoms with Crippen LogP contribution in [0.5, 0.6) is 17.4 Å². The minimum absolute atomic E-state index is 0.117. The first-order valence-electron chi connectivity index (χ1n) is 10.1. The zero-order chi connectivity index (χ0) is 23.5. The molecule has 3 aromatic heterocycles. The number of carbonyl (C=O) groups is 1. The molecule has 0 saturated carbocycles. The Kier molecular flexibility index (Phi) is 5.45. The van der Waals surface area contributed by atoms with Gasteiger partial charge >= 0.3 is 5.63 Å². The number of hydrogen-bond acceptors (Lipinski definition) is 8. The van der Waals surface area contributed by atoms with Gasteiger partial charge in [-0.05, 0) is 42.5 Å². The Hall–Kier alpha value is -4.99. The van der Waals surface area contributed by atoms with Crippen LogP contribution in [0.4, 0.5) is 5.69 Å². The molecule has 0 spiro atoms. The highest BCUT2D eigenvalue weighted by atomic mass is 16.5. The number of amides is 1. The van der Waals surface area contributed by atoms with Gasteiger partial charge in [-0.25, -0.2) is 19.4 Å². The van der Waals surface area contributed by atoms with Crippen molar-refractivity contribution in [1.29, 1.82) is 0 Å². The largest absolute Gasteiger partial charge is 0.493 e. The summed E-state index contributed by atoms with van der Waals surface area (Å²) < 4.78 is 17.9. The number of aromatic nitrogens is 4. The maximum atomic E-state index is 12.7. The molecule has 0 radical (unpaired) electrons. The summed E-state index contributed by atoms with van der Waals surface area (Å²) in [6.45, 7) is 0. The predicted octanol–water partition coefficient (Wildman–Crippen LogP) is 3.82. The normalized spacial score (nSPS) is 10.7. The van der Waals surface area contributed by atoms with Crippen molar-refractivity contribution in [2.45, 2.75) is 0 Å². The molecular formula is C24H17N5O5. The summed E-state index contributed by atoms with van der Waals surface area (Å²) in [5.41, 5.74) is -0.115. The van der Waals surface area contributed by atoms with E-state index in [-0.39, 0.29) is 11.1 Å². The first kappa shape index (κ1) is 20.9. The summed E-state index contributed by atoms with van der Waals surface area (Å²) in [6, 6.07) is 16.7. The van der Waals surface area contributed by atoms with Crippen LogP contribution in [-0.2, 0) is 0 Å². The number of carbonyl (C=O) groups excluding carboxylic acids is 1. The molecule has 0 fully saturated rings. The van der Waals surface area contributed by atoms with Crippen molar-refractivity contribution in [3.63, 3.8) is 0 Å². The standard InChI is InChI=1S/C24H17N5O5/c1-32-19-5-2-4-15-12-18(24(31)34-22(15)19)23(30)28-16-6-8-17(9-7-16)33-21-13-20(25-14-26-21)29-11-3-10-27-29/h2-14H,1H3,(H,28,30). The summed E-state index contributed by atoms with van der Waals surface area (Å²) in [6.07, 6.45) is 4.79. The van der Waals surface area contributed by atoms with E-state index in [1.807, 2.05) is 0 Å². The van der Waals surface area contributed by atoms with Crippen molar-refractivity contribution in [3.05, 3.63) is 95.4 Å². The van der Waals surface area contributed by atoms with Crippen molar-refractivity contribution in [1.82, 2.24) is 19.7 Å². The molecule has 0 unspecified atom stereocenters. The van der Waals surface area contributed by atoms with E-state index in [1.165, 1.54) is 19.5 Å². The topological polar surface area (TPSA) is 121 Å². The summed E-state index contributed by atoms with van der Waals surface area (Å²) in [4.78, 5) is 33.3. The van der Waals surface area contributed by atoms with Crippen LogP contribution in [0.2, 0.25) is 0 Å². The fraction of sp³-hybridized carbons (Fsp3) is 0.0417. The third kappa shape index (κ3) is 4.19. The molecule has 1 N–H and O–H groups in total. The second kappa shape index (κ2) is 8.87. The van der Waals surface area contributed by atoms with Crippen molar-refractivity contribution < 1.29 is 18.7 Å². The summed E-state index contributed by atoms with van der Waals surface area (Å²) in [7, 11) is 1.48. The SMILES string of the molecule is COc1cccc2cc(C(=O)Nc3ccc(Oc4cc(-n5cccn5)ncn4)cc3)c(=O)oc12. The smallest absolute Gasteiger partial charge is 0.349 e. The fourth-order valence-electron chi connectivity index (χ4n) is 3.28. The average molecular weight is 455 g/mol. The van der Waals surface area contributed by atoms with E-state index >= 15 is 0 Å². The van der Waals surface area contributed by atoms with E-state index in [0.29, 0.717) is 34.3 Å². The number of benzene rings is 2. The molecule has 1 amide bonds. The highest BCUT2D eigenvalue weighted by molar-refractivity contribution is 6.05. The van der Waals surface area contributed by atoms with Gasteiger partial charge in [-0.15, -0.1) is 0 Å². The molecule has 0 aliphatic rings. The lowest BCUT2D eigenvalue weighted by atomic mass is 10.1. The second-order valence-electron chi connectivity index (χ2n) is 7.07. The molecular weight excluding hydrogens is 438 g/mol. The van der Waals surface area contributed by atoms with Gasteiger partial charge in [0.05, 0.1) is 7.11 Å². The van der Waals surface area contributed by atoms with Gasteiger partial charge in [-0.3, -0.25) is 4.79 Å². The molecule has 0 atom stereocenters. The quantitative estimate of drug-likeness (QED) is 0.384. The van der Waals surface area contributed by atoms with Gasteiger partial charge in [0.1, 0.15) is 17.6 Å². The van der Waals surface area contributed by atoms with Crippen molar-refractivity contribution in [2.75, 3.05) is 12.4 Å². The lowest BCUT2D eigenvalue weighted by molar-refractivity contribution is 0.102. The third-order valence-electron chi connectivity index (χ3n) is 4.89. The van der Waals surface area contributed by atoms with Gasteiger partial charge in [-0.2, -0.15) is 5.10 Å². The van der Waals surface area contributed by atoms with Crippen LogP contribution < -0.4 is 20.4 Å². The van der Waals surface area contributed by atoms with Crippen LogP contribution >= 0.6 is 0 Å². The molecule has 5 aromatic rings. The number of nitrogens with zero attached hydrogens (tertiary/aromatic N) is 4. The molecule has 0 aliphatic carbocycles. The number of methoxy groups -OCH3 is 1. The van der Waals surface area contributed by atoms with Crippen LogP contribution in [0.3, 0.4) is 0 Å². The van der Waals surface area contributed by atoms with E-state index in [0.717, 1.165) is 0 Å². The molecule has 168 valence electrons. The molecule has 10 heteroatoms. The molecule has 3 heterocycles. The number of anilines is 1. The maximum Gasteiger partial charge on any atom is 0.349 e. The Balaban J connectivity index is 1.31. The first-order valence-corrected chi connectivity index (χ1v) is 10.1. The van der Waals surface area contributed by atoms with Crippen LogP contribution in [0.1, 0.15) is 10.4 Å². The molecule has 34 heavy (non-hydrogen) atoms. The van der Waals surface area contributed by atoms with E-state index in [1.54, 1.807) is 71.7 Å². The average Bonchev–Trinajstić information content (AvgIpc) is 3.40. The van der Waals surface area contributed by atoms with Crippen LogP contribution in [0.15, 0.2) is 88.6 Å². The molecule has 10 nitrogen and oxygen atoms in total. The minimum atomic E-state index is -0.758. The first-order chi connectivity index (χ1) is 16.6. The van der Waals surface area contributed by atoms with Crippen LogP contribution in [-0.4, -0.2) is 32.8 Å². The molecule has 0 aliphatic heterocycles. The Labute approximate surface area is 192 Å². The van der Waals surface area contributed by atoms with Gasteiger partial charge in [0, 0.05) is 29.5 Å². The lowest BCUT2D eigenvalue weighted by Gasteiger charge is -2.09. The highest BCUT2D eigenvalue weighted by Crippen LogP contribution is 2.25. The zero-order valence-electron chi connectivity index (χ0n) is 17.8. The number of nitrogens with one attached hydrogen (secondary N) is 1. The van der Waals surface area contributed by atoms with Crippen molar-refractivity contribution in [2.24, 2.45) is 0 Å². The van der Waals surface area contributed by atoms with Crippen LogP contribution in [0.25, 0.3) is 16.8 Å². The van der Waals surface area contributed by atoms with Gasteiger partial charge in [0.15, 0.2) is 17.2 Å². The van der Waals surface area contributed by atoms with Gasteiger partial charge in [0.2, 0.25) is 5.88 Å². The highest BCUT2D eigenvalue weighted by Gasteiger charge is 2.16. The summed E-state index contributed by atoms with van der Waals surface area (Å²) in [5, 5.41) is 7.39. The van der Waals surface area contributed by atoms with E-state index in [2.05, 4.69) is 20.4 Å². The van der Waals surface area contributed by atoms with Crippen molar-refractivity contribution >= 4 is 22.6 Å². The van der Waals surface area contributed by atoms with Gasteiger partial charge in [0.25, 0.3) is 5.91 Å². The van der Waals surface area contributed by atoms with Gasteiger partial charge in [-0.1, -0.05) is 12.1 Å². The Morgan fingerprint density at radius 1 is 1.06 bits per heavy atom.